The fraction of sp³-hybridized carbons (Fsp3) is 0.583. The van der Waals surface area contributed by atoms with Gasteiger partial charge >= 0.3 is 0 Å². The molecule has 2 saturated heterocycles. The number of fused-ring (bicyclic) bond motifs is 1. The van der Waals surface area contributed by atoms with Gasteiger partial charge in [-0.2, -0.15) is 5.10 Å². The van der Waals surface area contributed by atoms with E-state index in [0.29, 0.717) is 19.0 Å². The van der Waals surface area contributed by atoms with Crippen molar-refractivity contribution in [3.05, 3.63) is 17.8 Å². The first-order valence-electron chi connectivity index (χ1n) is 6.34. The zero-order valence-corrected chi connectivity index (χ0v) is 10.2. The van der Waals surface area contributed by atoms with E-state index in [9.17, 15) is 4.79 Å². The molecular formula is C12H17N5O. The van der Waals surface area contributed by atoms with E-state index in [4.69, 9.17) is 5.73 Å². The van der Waals surface area contributed by atoms with Crippen molar-refractivity contribution in [2.45, 2.75) is 25.4 Å². The van der Waals surface area contributed by atoms with Crippen LogP contribution in [0, 0.1) is 0 Å². The van der Waals surface area contributed by atoms with Crippen molar-refractivity contribution in [3.63, 3.8) is 0 Å². The van der Waals surface area contributed by atoms with E-state index >= 15 is 0 Å². The zero-order chi connectivity index (χ0) is 12.5. The quantitative estimate of drug-likeness (QED) is 0.779. The highest BCUT2D eigenvalue weighted by molar-refractivity contribution is 5.79. The second-order valence-electron chi connectivity index (χ2n) is 4.81. The third-order valence-corrected chi connectivity index (χ3v) is 3.80. The molecule has 0 bridgehead atoms. The van der Waals surface area contributed by atoms with E-state index in [2.05, 4.69) is 15.1 Å². The molecule has 2 fully saturated rings. The molecule has 1 atom stereocenters. The number of aromatic nitrogens is 2. The number of piperazine rings is 1. The van der Waals surface area contributed by atoms with Crippen LogP contribution in [0.15, 0.2) is 12.3 Å². The molecule has 96 valence electrons. The molecule has 3 rings (SSSR count). The van der Waals surface area contributed by atoms with Crippen molar-refractivity contribution < 1.29 is 4.79 Å². The van der Waals surface area contributed by atoms with Gasteiger partial charge in [0.15, 0.2) is 5.82 Å². The molecule has 0 aliphatic carbocycles. The summed E-state index contributed by atoms with van der Waals surface area (Å²) in [4.78, 5) is 15.8. The van der Waals surface area contributed by atoms with Gasteiger partial charge in [0.2, 0.25) is 5.91 Å². The summed E-state index contributed by atoms with van der Waals surface area (Å²) >= 11 is 0. The van der Waals surface area contributed by atoms with Crippen molar-refractivity contribution in [1.29, 1.82) is 0 Å². The largest absolute Gasteiger partial charge is 0.351 e. The molecule has 0 radical (unpaired) electrons. The average molecular weight is 247 g/mol. The molecule has 3 heterocycles. The lowest BCUT2D eigenvalue weighted by atomic mass is 10.1. The van der Waals surface area contributed by atoms with Gasteiger partial charge in [-0.1, -0.05) is 0 Å². The first-order chi connectivity index (χ1) is 8.79. The van der Waals surface area contributed by atoms with Crippen molar-refractivity contribution in [3.8, 4) is 0 Å². The number of hydrogen-bond donors (Lipinski definition) is 1. The molecule has 18 heavy (non-hydrogen) atoms. The molecular weight excluding hydrogens is 230 g/mol. The summed E-state index contributed by atoms with van der Waals surface area (Å²) in [6, 6.07) is 2.24. The van der Waals surface area contributed by atoms with Crippen molar-refractivity contribution in [2.75, 3.05) is 24.5 Å². The smallest absolute Gasteiger partial charge is 0.223 e. The highest BCUT2D eigenvalue weighted by Gasteiger charge is 2.36. The number of carbonyl (C=O) groups excluding carboxylic acids is 1. The monoisotopic (exact) mass is 247 g/mol. The van der Waals surface area contributed by atoms with Crippen LogP contribution in [0.3, 0.4) is 0 Å². The fourth-order valence-corrected chi connectivity index (χ4v) is 2.83. The van der Waals surface area contributed by atoms with Crippen LogP contribution in [-0.2, 0) is 11.3 Å². The number of nitrogens with zero attached hydrogens (tertiary/aromatic N) is 4. The van der Waals surface area contributed by atoms with Crippen molar-refractivity contribution >= 4 is 11.7 Å². The summed E-state index contributed by atoms with van der Waals surface area (Å²) in [6.45, 7) is 2.91. The summed E-state index contributed by atoms with van der Waals surface area (Å²) in [5.41, 5.74) is 6.74. The Labute approximate surface area is 106 Å². The molecule has 2 aliphatic rings. The lowest BCUT2D eigenvalue weighted by Gasteiger charge is -2.38. The van der Waals surface area contributed by atoms with E-state index < -0.39 is 0 Å². The maximum atomic E-state index is 11.6. The minimum absolute atomic E-state index is 0.290. The summed E-state index contributed by atoms with van der Waals surface area (Å²) in [7, 11) is 0. The Morgan fingerprint density at radius 1 is 1.44 bits per heavy atom. The van der Waals surface area contributed by atoms with Gasteiger partial charge in [0.25, 0.3) is 0 Å². The molecule has 0 aromatic carbocycles. The van der Waals surface area contributed by atoms with Crippen LogP contribution in [0.2, 0.25) is 0 Å². The number of carbonyl (C=O) groups is 1. The van der Waals surface area contributed by atoms with Crippen LogP contribution in [0.1, 0.15) is 18.4 Å². The number of rotatable bonds is 2. The standard InChI is InChI=1S/C12H17N5O/c13-7-9-3-4-14-15-12(9)16-5-6-17-10(8-16)1-2-11(17)18/h3-4,10H,1-2,5-8,13H2. The molecule has 2 N–H and O–H groups in total. The van der Waals surface area contributed by atoms with Crippen LogP contribution in [0.5, 0.6) is 0 Å². The topological polar surface area (TPSA) is 75.3 Å². The van der Waals surface area contributed by atoms with Crippen LogP contribution >= 0.6 is 0 Å². The SMILES string of the molecule is NCc1ccnnc1N1CCN2C(=O)CCC2C1. The summed E-state index contributed by atoms with van der Waals surface area (Å²) < 4.78 is 0. The van der Waals surface area contributed by atoms with Gasteiger partial charge in [-0.25, -0.2) is 0 Å². The van der Waals surface area contributed by atoms with Gasteiger partial charge in [-0.05, 0) is 12.5 Å². The molecule has 6 heteroatoms. The molecule has 1 aromatic heterocycles. The minimum Gasteiger partial charge on any atom is -0.351 e. The van der Waals surface area contributed by atoms with Gasteiger partial charge in [0.1, 0.15) is 0 Å². The van der Waals surface area contributed by atoms with E-state index in [1.54, 1.807) is 6.20 Å². The lowest BCUT2D eigenvalue weighted by Crippen LogP contribution is -2.52. The maximum Gasteiger partial charge on any atom is 0.223 e. The first-order valence-corrected chi connectivity index (χ1v) is 6.34. The van der Waals surface area contributed by atoms with E-state index in [1.165, 1.54) is 0 Å². The van der Waals surface area contributed by atoms with Gasteiger partial charge in [0, 0.05) is 44.2 Å². The second-order valence-corrected chi connectivity index (χ2v) is 4.81. The van der Waals surface area contributed by atoms with Crippen LogP contribution in [0.4, 0.5) is 5.82 Å². The molecule has 6 nitrogen and oxygen atoms in total. The van der Waals surface area contributed by atoms with Crippen LogP contribution in [-0.4, -0.2) is 46.7 Å². The van der Waals surface area contributed by atoms with E-state index in [0.717, 1.165) is 37.4 Å². The Morgan fingerprint density at radius 3 is 3.17 bits per heavy atom. The molecule has 0 spiro atoms. The summed E-state index contributed by atoms with van der Waals surface area (Å²) in [5.74, 6) is 1.16. The van der Waals surface area contributed by atoms with Gasteiger partial charge in [-0.15, -0.1) is 5.10 Å². The Balaban J connectivity index is 1.80. The van der Waals surface area contributed by atoms with Crippen molar-refractivity contribution in [2.24, 2.45) is 5.73 Å². The Hall–Kier alpha value is -1.69. The lowest BCUT2D eigenvalue weighted by molar-refractivity contribution is -0.129. The predicted molar refractivity (Wildman–Crippen MR) is 66.9 cm³/mol. The number of anilines is 1. The molecule has 2 aliphatic heterocycles. The third-order valence-electron chi connectivity index (χ3n) is 3.80. The van der Waals surface area contributed by atoms with Crippen LogP contribution in [0.25, 0.3) is 0 Å². The summed E-state index contributed by atoms with van der Waals surface area (Å²) in [6.07, 6.45) is 3.30. The molecule has 1 amide bonds. The van der Waals surface area contributed by atoms with Crippen molar-refractivity contribution in [1.82, 2.24) is 15.1 Å². The molecule has 1 unspecified atom stereocenters. The normalized spacial score (nSPS) is 23.4. The second kappa shape index (κ2) is 4.53. The highest BCUT2D eigenvalue weighted by atomic mass is 16.2. The Kier molecular flexibility index (Phi) is 2.87. The minimum atomic E-state index is 0.290. The van der Waals surface area contributed by atoms with Gasteiger partial charge < -0.3 is 15.5 Å². The fourth-order valence-electron chi connectivity index (χ4n) is 2.83. The average Bonchev–Trinajstić information content (AvgIpc) is 2.80. The zero-order valence-electron chi connectivity index (χ0n) is 10.2. The van der Waals surface area contributed by atoms with E-state index in [1.807, 2.05) is 11.0 Å². The highest BCUT2D eigenvalue weighted by Crippen LogP contribution is 2.26. The molecule has 0 saturated carbocycles. The number of hydrogen-bond acceptors (Lipinski definition) is 5. The number of amides is 1. The predicted octanol–water partition coefficient (Wildman–Crippen LogP) is -0.254. The Morgan fingerprint density at radius 2 is 2.33 bits per heavy atom. The first kappa shape index (κ1) is 11.4. The number of nitrogens with two attached hydrogens (primary N) is 1. The van der Waals surface area contributed by atoms with Crippen LogP contribution < -0.4 is 10.6 Å². The third kappa shape index (κ3) is 1.82. The van der Waals surface area contributed by atoms with E-state index in [-0.39, 0.29) is 5.91 Å². The molecule has 1 aromatic rings. The van der Waals surface area contributed by atoms with Gasteiger partial charge in [-0.3, -0.25) is 4.79 Å². The Bertz CT molecular complexity index is 464. The summed E-state index contributed by atoms with van der Waals surface area (Å²) in [5, 5.41) is 8.14. The van der Waals surface area contributed by atoms with Gasteiger partial charge in [0.05, 0.1) is 6.20 Å². The maximum absolute atomic E-state index is 11.6.